The van der Waals surface area contributed by atoms with E-state index in [0.717, 1.165) is 28.2 Å². The summed E-state index contributed by atoms with van der Waals surface area (Å²) >= 11 is 3.54. The lowest BCUT2D eigenvalue weighted by Gasteiger charge is -2.08. The van der Waals surface area contributed by atoms with Crippen molar-refractivity contribution in [1.29, 1.82) is 0 Å². The Bertz CT molecular complexity index is 613. The van der Waals surface area contributed by atoms with E-state index in [9.17, 15) is 0 Å². The first-order valence-corrected chi connectivity index (χ1v) is 6.90. The minimum absolute atomic E-state index is 0.317. The molecule has 0 aromatic heterocycles. The summed E-state index contributed by atoms with van der Waals surface area (Å²) in [5.74, 6) is 1.64. The molecule has 1 N–H and O–H groups in total. The van der Waals surface area contributed by atoms with E-state index < -0.39 is 0 Å². The molecule has 3 rings (SSSR count). The average molecular weight is 320 g/mol. The predicted octanol–water partition coefficient (Wildman–Crippen LogP) is 4.10. The van der Waals surface area contributed by atoms with Crippen molar-refractivity contribution >= 4 is 21.6 Å². The van der Waals surface area contributed by atoms with Crippen LogP contribution in [-0.4, -0.2) is 6.79 Å². The van der Waals surface area contributed by atoms with Crippen molar-refractivity contribution in [1.82, 2.24) is 0 Å². The molecule has 2 aromatic rings. The Kier molecular flexibility index (Phi) is 3.34. The van der Waals surface area contributed by atoms with Gasteiger partial charge in [0.2, 0.25) is 6.79 Å². The number of halogens is 1. The molecule has 0 fully saturated rings. The Balaban J connectivity index is 1.70. The highest BCUT2D eigenvalue weighted by Crippen LogP contribution is 2.32. The fraction of sp³-hybridized carbons (Fsp3) is 0.200. The number of ether oxygens (including phenoxy) is 2. The third-order valence-electron chi connectivity index (χ3n) is 3.11. The van der Waals surface area contributed by atoms with Gasteiger partial charge in [0.15, 0.2) is 11.5 Å². The minimum atomic E-state index is 0.317. The van der Waals surface area contributed by atoms with E-state index >= 15 is 0 Å². The normalized spacial score (nSPS) is 12.5. The lowest BCUT2D eigenvalue weighted by Crippen LogP contribution is -1.99. The molecule has 1 heterocycles. The van der Waals surface area contributed by atoms with Gasteiger partial charge in [0.1, 0.15) is 0 Å². The third kappa shape index (κ3) is 2.68. The zero-order valence-electron chi connectivity index (χ0n) is 10.6. The first-order chi connectivity index (χ1) is 9.22. The maximum absolute atomic E-state index is 5.37. The molecule has 1 aliphatic rings. The first kappa shape index (κ1) is 12.4. The molecule has 0 bridgehead atoms. The van der Waals surface area contributed by atoms with Crippen LogP contribution in [0, 0.1) is 6.92 Å². The number of nitrogens with one attached hydrogen (secondary N) is 1. The summed E-state index contributed by atoms with van der Waals surface area (Å²) in [7, 11) is 0. The molecular formula is C15H14BrNO2. The molecule has 2 aromatic carbocycles. The molecule has 19 heavy (non-hydrogen) atoms. The molecule has 0 spiro atoms. The highest BCUT2D eigenvalue weighted by atomic mass is 79.9. The lowest BCUT2D eigenvalue weighted by molar-refractivity contribution is 0.174. The van der Waals surface area contributed by atoms with Gasteiger partial charge in [-0.1, -0.05) is 28.1 Å². The quantitative estimate of drug-likeness (QED) is 0.924. The molecule has 98 valence electrons. The fourth-order valence-corrected chi connectivity index (χ4v) is 2.34. The molecule has 0 amide bonds. The summed E-state index contributed by atoms with van der Waals surface area (Å²) in [5, 5.41) is 3.39. The Hall–Kier alpha value is -1.68. The van der Waals surface area contributed by atoms with Crippen molar-refractivity contribution in [2.45, 2.75) is 13.5 Å². The predicted molar refractivity (Wildman–Crippen MR) is 78.8 cm³/mol. The van der Waals surface area contributed by atoms with Crippen LogP contribution in [0.2, 0.25) is 0 Å². The molecule has 0 saturated carbocycles. The molecule has 0 radical (unpaired) electrons. The van der Waals surface area contributed by atoms with Crippen molar-refractivity contribution in [3.8, 4) is 11.5 Å². The van der Waals surface area contributed by atoms with Gasteiger partial charge in [0, 0.05) is 16.7 Å². The molecule has 3 nitrogen and oxygen atoms in total. The van der Waals surface area contributed by atoms with Crippen molar-refractivity contribution in [2.75, 3.05) is 12.1 Å². The van der Waals surface area contributed by atoms with E-state index in [1.54, 1.807) is 0 Å². The summed E-state index contributed by atoms with van der Waals surface area (Å²) in [6.45, 7) is 3.15. The van der Waals surface area contributed by atoms with Crippen LogP contribution in [0.25, 0.3) is 0 Å². The van der Waals surface area contributed by atoms with Gasteiger partial charge in [-0.25, -0.2) is 0 Å². The number of anilines is 1. The Morgan fingerprint density at radius 2 is 1.95 bits per heavy atom. The van der Waals surface area contributed by atoms with E-state index in [2.05, 4.69) is 46.4 Å². The molecular weight excluding hydrogens is 306 g/mol. The summed E-state index contributed by atoms with van der Waals surface area (Å²) in [6.07, 6.45) is 0. The van der Waals surface area contributed by atoms with Gasteiger partial charge in [0.05, 0.1) is 0 Å². The number of aryl methyl sites for hydroxylation is 1. The van der Waals surface area contributed by atoms with Crippen molar-refractivity contribution in [2.24, 2.45) is 0 Å². The van der Waals surface area contributed by atoms with Gasteiger partial charge in [-0.3, -0.25) is 0 Å². The second-order valence-electron chi connectivity index (χ2n) is 4.51. The van der Waals surface area contributed by atoms with Crippen LogP contribution in [0.3, 0.4) is 0 Å². The Morgan fingerprint density at radius 1 is 1.11 bits per heavy atom. The van der Waals surface area contributed by atoms with Gasteiger partial charge in [0.25, 0.3) is 0 Å². The average Bonchev–Trinajstić information content (AvgIpc) is 2.87. The number of fused-ring (bicyclic) bond motifs is 1. The SMILES string of the molecule is Cc1ccc(NCc2ccc3c(c2)OCO3)cc1Br. The first-order valence-electron chi connectivity index (χ1n) is 6.11. The van der Waals surface area contributed by atoms with Gasteiger partial charge in [-0.05, 0) is 42.3 Å². The summed E-state index contributed by atoms with van der Waals surface area (Å²) in [6, 6.07) is 12.3. The van der Waals surface area contributed by atoms with E-state index in [1.807, 2.05) is 18.2 Å². The van der Waals surface area contributed by atoms with Crippen LogP contribution in [-0.2, 0) is 6.54 Å². The van der Waals surface area contributed by atoms with Crippen LogP contribution >= 0.6 is 15.9 Å². The number of hydrogen-bond acceptors (Lipinski definition) is 3. The molecule has 1 aliphatic heterocycles. The minimum Gasteiger partial charge on any atom is -0.454 e. The molecule has 0 unspecified atom stereocenters. The van der Waals surface area contributed by atoms with Crippen LogP contribution < -0.4 is 14.8 Å². The number of rotatable bonds is 3. The largest absolute Gasteiger partial charge is 0.454 e. The summed E-state index contributed by atoms with van der Waals surface area (Å²) in [5.41, 5.74) is 3.49. The second-order valence-corrected chi connectivity index (χ2v) is 5.36. The standard InChI is InChI=1S/C15H14BrNO2/c1-10-2-4-12(7-13(10)16)17-8-11-3-5-14-15(6-11)19-9-18-14/h2-7,17H,8-9H2,1H3. The van der Waals surface area contributed by atoms with Crippen LogP contribution in [0.1, 0.15) is 11.1 Å². The van der Waals surface area contributed by atoms with E-state index in [-0.39, 0.29) is 0 Å². The van der Waals surface area contributed by atoms with E-state index in [4.69, 9.17) is 9.47 Å². The lowest BCUT2D eigenvalue weighted by atomic mass is 10.2. The van der Waals surface area contributed by atoms with E-state index in [0.29, 0.717) is 6.79 Å². The Morgan fingerprint density at radius 3 is 2.79 bits per heavy atom. The molecule has 0 aliphatic carbocycles. The Labute approximate surface area is 120 Å². The van der Waals surface area contributed by atoms with E-state index in [1.165, 1.54) is 11.1 Å². The highest BCUT2D eigenvalue weighted by Gasteiger charge is 2.12. The maximum Gasteiger partial charge on any atom is 0.231 e. The van der Waals surface area contributed by atoms with Gasteiger partial charge in [-0.2, -0.15) is 0 Å². The molecule has 0 saturated heterocycles. The van der Waals surface area contributed by atoms with Crippen molar-refractivity contribution in [3.63, 3.8) is 0 Å². The van der Waals surface area contributed by atoms with Crippen LogP contribution in [0.15, 0.2) is 40.9 Å². The second kappa shape index (κ2) is 5.13. The summed E-state index contributed by atoms with van der Waals surface area (Å²) in [4.78, 5) is 0. The third-order valence-corrected chi connectivity index (χ3v) is 3.96. The van der Waals surface area contributed by atoms with Crippen molar-refractivity contribution < 1.29 is 9.47 Å². The zero-order chi connectivity index (χ0) is 13.2. The number of hydrogen-bond donors (Lipinski definition) is 1. The number of benzene rings is 2. The zero-order valence-corrected chi connectivity index (χ0v) is 12.2. The van der Waals surface area contributed by atoms with Gasteiger partial charge < -0.3 is 14.8 Å². The topological polar surface area (TPSA) is 30.5 Å². The molecule has 4 heteroatoms. The highest BCUT2D eigenvalue weighted by molar-refractivity contribution is 9.10. The van der Waals surface area contributed by atoms with Crippen LogP contribution in [0.4, 0.5) is 5.69 Å². The maximum atomic E-state index is 5.37. The van der Waals surface area contributed by atoms with Gasteiger partial charge >= 0.3 is 0 Å². The summed E-state index contributed by atoms with van der Waals surface area (Å²) < 4.78 is 11.8. The monoisotopic (exact) mass is 319 g/mol. The fourth-order valence-electron chi connectivity index (χ4n) is 1.96. The van der Waals surface area contributed by atoms with Crippen LogP contribution in [0.5, 0.6) is 11.5 Å². The van der Waals surface area contributed by atoms with Crippen molar-refractivity contribution in [3.05, 3.63) is 52.0 Å². The smallest absolute Gasteiger partial charge is 0.231 e. The molecule has 0 atom stereocenters. The van der Waals surface area contributed by atoms with Gasteiger partial charge in [-0.15, -0.1) is 0 Å².